The second-order valence-electron chi connectivity index (χ2n) is 5.76. The van der Waals surface area contributed by atoms with Gasteiger partial charge in [-0.15, -0.1) is 0 Å². The normalized spacial score (nSPS) is 17.8. The number of primary sulfonamides is 1. The van der Waals surface area contributed by atoms with Gasteiger partial charge < -0.3 is 4.48 Å². The molecule has 0 amide bonds. The van der Waals surface area contributed by atoms with Crippen LogP contribution in [0.1, 0.15) is 20.8 Å². The molecule has 0 fully saturated rings. The first kappa shape index (κ1) is 14.5. The Hall–Kier alpha value is -0.528. The molecule has 0 bridgehead atoms. The fourth-order valence-corrected chi connectivity index (χ4v) is 4.96. The van der Waals surface area contributed by atoms with Crippen LogP contribution in [0.4, 0.5) is 0 Å². The minimum atomic E-state index is -3.68. The van der Waals surface area contributed by atoms with E-state index in [1.807, 2.05) is 17.9 Å². The molecule has 0 spiro atoms. The third-order valence-electron chi connectivity index (χ3n) is 3.55. The van der Waals surface area contributed by atoms with E-state index in [4.69, 9.17) is 5.14 Å². The molecule has 0 unspecified atom stereocenters. The Morgan fingerprint density at radius 3 is 2.29 bits per heavy atom. The van der Waals surface area contributed by atoms with E-state index in [1.54, 1.807) is 12.2 Å². The lowest BCUT2D eigenvalue weighted by atomic mass is 9.93. The molecule has 1 aliphatic rings. The van der Waals surface area contributed by atoms with Gasteiger partial charge in [-0.2, -0.15) is 0 Å². The Labute approximate surface area is 106 Å². The van der Waals surface area contributed by atoms with Gasteiger partial charge in [-0.25, -0.2) is 13.6 Å². The summed E-state index contributed by atoms with van der Waals surface area (Å²) in [5.74, 6) is 1.84. The third kappa shape index (κ3) is 2.83. The van der Waals surface area contributed by atoms with Crippen molar-refractivity contribution in [3.63, 3.8) is 0 Å². The highest BCUT2D eigenvalue weighted by atomic mass is 32.2. The van der Waals surface area contributed by atoms with Gasteiger partial charge in [0.15, 0.2) is 0 Å². The lowest BCUT2D eigenvalue weighted by Gasteiger charge is -2.48. The van der Waals surface area contributed by atoms with Gasteiger partial charge >= 0.3 is 0 Å². The highest BCUT2D eigenvalue weighted by Gasteiger charge is 2.43. The Kier molecular flexibility index (Phi) is 3.67. The molecule has 4 nitrogen and oxygen atoms in total. The van der Waals surface area contributed by atoms with E-state index in [-0.39, 0.29) is 10.1 Å². The van der Waals surface area contributed by atoms with Gasteiger partial charge in [0.2, 0.25) is 0 Å². The number of hydrogen-bond acceptors (Lipinski definition) is 3. The number of allylic oxidation sites excluding steroid dienone is 2. The Morgan fingerprint density at radius 2 is 1.88 bits per heavy atom. The molecule has 0 aromatic rings. The first-order chi connectivity index (χ1) is 7.48. The number of hydrogen-bond donors (Lipinski definition) is 1. The molecule has 1 radical (unpaired) electrons. The molecule has 2 N–H and O–H groups in total. The van der Waals surface area contributed by atoms with E-state index in [0.717, 1.165) is 0 Å². The predicted molar refractivity (Wildman–Crippen MR) is 75.1 cm³/mol. The van der Waals surface area contributed by atoms with Crippen molar-refractivity contribution in [3.8, 4) is 0 Å². The highest BCUT2D eigenvalue weighted by Crippen LogP contribution is 2.40. The van der Waals surface area contributed by atoms with Crippen molar-refractivity contribution in [1.82, 2.24) is 4.48 Å². The maximum atomic E-state index is 11.6. The molecule has 0 saturated heterocycles. The monoisotopic (exact) mass is 271 g/mol. The number of rotatable bonds is 2. The zero-order valence-corrected chi connectivity index (χ0v) is 12.9. The number of nitrogens with zero attached hydrogens (tertiary/aromatic N) is 1. The summed E-state index contributed by atoms with van der Waals surface area (Å²) in [6.45, 7) is 10.7. The van der Waals surface area contributed by atoms with Gasteiger partial charge in [0.1, 0.15) is 13.3 Å². The summed E-state index contributed by atoms with van der Waals surface area (Å²) >= 11 is 0. The zero-order valence-electron chi connectivity index (χ0n) is 11.1. The van der Waals surface area contributed by atoms with E-state index in [0.29, 0.717) is 0 Å². The molecule has 1 aliphatic heterocycles. The smallest absolute Gasteiger partial charge is 0.268 e. The molecule has 1 rings (SSSR count). The van der Waals surface area contributed by atoms with Gasteiger partial charge in [-0.3, -0.25) is 0 Å². The Bertz CT molecular complexity index is 463. The maximum absolute atomic E-state index is 11.6. The average Bonchev–Trinajstić information content (AvgIpc) is 2.14. The van der Waals surface area contributed by atoms with E-state index in [1.165, 1.54) is 0 Å². The average molecular weight is 271 g/mol. The summed E-state index contributed by atoms with van der Waals surface area (Å²) in [5, 5.41) is 5.51. The van der Waals surface area contributed by atoms with E-state index in [2.05, 4.69) is 33.9 Å². The van der Waals surface area contributed by atoms with Crippen LogP contribution in [0.5, 0.6) is 0 Å². The molecule has 1 heterocycles. The van der Waals surface area contributed by atoms with Gasteiger partial charge in [0.05, 0.1) is 0 Å². The summed E-state index contributed by atoms with van der Waals surface area (Å²) in [5.41, 5.74) is 0. The van der Waals surface area contributed by atoms with Gasteiger partial charge in [-0.1, -0.05) is 45.9 Å². The Balaban J connectivity index is 3.24. The fraction of sp³-hybridized carbons (Fsp3) is 0.600. The quantitative estimate of drug-likeness (QED) is 0.775. The molecular weight excluding hydrogens is 251 g/mol. The molecule has 0 aromatic carbocycles. The summed E-state index contributed by atoms with van der Waals surface area (Å²) < 4.78 is 25.1. The van der Waals surface area contributed by atoms with Crippen LogP contribution in [0.2, 0.25) is 18.1 Å². The summed E-state index contributed by atoms with van der Waals surface area (Å²) in [6, 6.07) is 0. The van der Waals surface area contributed by atoms with Crippen LogP contribution >= 0.6 is 0 Å². The molecule has 95 valence electrons. The highest BCUT2D eigenvalue weighted by molar-refractivity contribution is 7.93. The van der Waals surface area contributed by atoms with Crippen LogP contribution in [0, 0.1) is 0 Å². The standard InChI is InChI=1S/C10H20BN2O2SSi/c1-10(2,3)17(4,5)13-9(16(12,14)15)7-6-8-11-13/h6-8H,1-5H3,(H2,12,14,15). The van der Waals surface area contributed by atoms with Crippen LogP contribution in [0.25, 0.3) is 0 Å². The largest absolute Gasteiger partial charge is 0.432 e. The molecule has 0 atom stereocenters. The second kappa shape index (κ2) is 4.29. The zero-order chi connectivity index (χ0) is 13.5. The predicted octanol–water partition coefficient (Wildman–Crippen LogP) is 1.57. The van der Waals surface area contributed by atoms with E-state index >= 15 is 0 Å². The molecule has 17 heavy (non-hydrogen) atoms. The van der Waals surface area contributed by atoms with E-state index in [9.17, 15) is 8.42 Å². The molecule has 0 aliphatic carbocycles. The van der Waals surface area contributed by atoms with Crippen molar-refractivity contribution in [2.45, 2.75) is 38.9 Å². The minimum absolute atomic E-state index is 0.0401. The molecule has 7 heteroatoms. The van der Waals surface area contributed by atoms with Crippen molar-refractivity contribution in [2.24, 2.45) is 5.14 Å². The number of nitrogens with two attached hydrogens (primary N) is 1. The second-order valence-corrected chi connectivity index (χ2v) is 12.4. The van der Waals surface area contributed by atoms with Crippen LogP contribution in [0.15, 0.2) is 23.2 Å². The van der Waals surface area contributed by atoms with Crippen LogP contribution in [-0.2, 0) is 10.0 Å². The molecular formula is C10H20BN2O2SSi. The lowest BCUT2D eigenvalue weighted by Crippen LogP contribution is -2.57. The topological polar surface area (TPSA) is 63.4 Å². The van der Waals surface area contributed by atoms with Crippen LogP contribution in [0.3, 0.4) is 0 Å². The maximum Gasteiger partial charge on any atom is 0.268 e. The summed E-state index contributed by atoms with van der Waals surface area (Å²) in [4.78, 5) is 0. The molecule has 0 aromatic heterocycles. The van der Waals surface area contributed by atoms with Crippen LogP contribution < -0.4 is 5.14 Å². The molecule has 0 saturated carbocycles. The first-order valence-corrected chi connectivity index (χ1v) is 10.0. The summed E-state index contributed by atoms with van der Waals surface area (Å²) in [7, 11) is -3.84. The number of sulfonamides is 1. The minimum Gasteiger partial charge on any atom is -0.432 e. The van der Waals surface area contributed by atoms with Crippen molar-refractivity contribution < 1.29 is 8.42 Å². The SMILES string of the molecule is CC(C)(C)[Si](C)(C)N1[B]C=CC=C1S(N)(=O)=O. The van der Waals surface area contributed by atoms with Gasteiger partial charge in [0, 0.05) is 0 Å². The Morgan fingerprint density at radius 1 is 1.35 bits per heavy atom. The lowest BCUT2D eigenvalue weighted by molar-refractivity contribution is 0.589. The third-order valence-corrected chi connectivity index (χ3v) is 9.89. The van der Waals surface area contributed by atoms with Crippen molar-refractivity contribution in [1.29, 1.82) is 0 Å². The van der Waals surface area contributed by atoms with Crippen molar-refractivity contribution in [2.75, 3.05) is 0 Å². The summed E-state index contributed by atoms with van der Waals surface area (Å²) in [6.07, 6.45) is 3.26. The van der Waals surface area contributed by atoms with Crippen molar-refractivity contribution >= 4 is 25.7 Å². The first-order valence-electron chi connectivity index (χ1n) is 5.52. The van der Waals surface area contributed by atoms with Crippen LogP contribution in [-0.4, -0.2) is 28.5 Å². The van der Waals surface area contributed by atoms with Gasteiger partial charge in [-0.05, 0) is 11.1 Å². The fourth-order valence-electron chi connectivity index (χ4n) is 1.48. The van der Waals surface area contributed by atoms with E-state index < -0.39 is 18.3 Å². The van der Waals surface area contributed by atoms with Gasteiger partial charge in [0.25, 0.3) is 17.4 Å². The van der Waals surface area contributed by atoms with Crippen molar-refractivity contribution in [3.05, 3.63) is 23.2 Å².